The van der Waals surface area contributed by atoms with E-state index in [0.29, 0.717) is 5.69 Å². The first kappa shape index (κ1) is 12.5. The number of thiazole rings is 1. The van der Waals surface area contributed by atoms with Gasteiger partial charge in [0.25, 0.3) is 5.97 Å². The van der Waals surface area contributed by atoms with Crippen LogP contribution in [0, 0.1) is 44.1 Å². The molecular weight excluding hydrogens is 391 g/mol. The number of carbonyl (C=O) groups is 1. The molecule has 0 fully saturated rings. The topological polar surface area (TPSA) is 74.0 Å². The van der Waals surface area contributed by atoms with Crippen LogP contribution >= 0.6 is 11.3 Å². The van der Waals surface area contributed by atoms with Gasteiger partial charge in [-0.3, -0.25) is 4.79 Å². The third-order valence-corrected chi connectivity index (χ3v) is 1.83. The minimum absolute atomic E-state index is 0. The SMILES string of the molecule is [Ac].[NH-]C(Cc1cscn1)C(=O)O. The normalized spacial score (nSPS) is 11.8. The maximum Gasteiger partial charge on any atom is 0.285 e. The minimum atomic E-state index is -1.10. The molecule has 0 saturated heterocycles. The van der Waals surface area contributed by atoms with Gasteiger partial charge < -0.3 is 10.8 Å². The smallest absolute Gasteiger partial charge is 0.285 e. The van der Waals surface area contributed by atoms with Crippen molar-refractivity contribution < 1.29 is 54.0 Å². The summed E-state index contributed by atoms with van der Waals surface area (Å²) in [6.07, 6.45) is 0.193. The summed E-state index contributed by atoms with van der Waals surface area (Å²) >= 11 is 1.41. The summed E-state index contributed by atoms with van der Waals surface area (Å²) in [5.41, 5.74) is 9.38. The van der Waals surface area contributed by atoms with Crippen molar-refractivity contribution in [1.29, 1.82) is 0 Å². The van der Waals surface area contributed by atoms with Crippen molar-refractivity contribution >= 4 is 17.3 Å². The maximum absolute atomic E-state index is 10.2. The third-order valence-electron chi connectivity index (χ3n) is 1.19. The first-order valence-electron chi connectivity index (χ1n) is 3.01. The molecule has 0 saturated carbocycles. The second-order valence-corrected chi connectivity index (χ2v) is 2.79. The molecule has 1 rings (SSSR count). The van der Waals surface area contributed by atoms with Gasteiger partial charge in [-0.2, -0.15) is 0 Å². The summed E-state index contributed by atoms with van der Waals surface area (Å²) in [5.74, 6) is -1.10. The summed E-state index contributed by atoms with van der Waals surface area (Å²) in [6.45, 7) is 0. The van der Waals surface area contributed by atoms with Gasteiger partial charge in [-0.1, -0.05) is 0 Å². The monoisotopic (exact) mass is 398 g/mol. The van der Waals surface area contributed by atoms with Gasteiger partial charge in [0.05, 0.1) is 11.2 Å². The van der Waals surface area contributed by atoms with E-state index in [2.05, 4.69) is 4.98 Å². The molecule has 1 aromatic heterocycles. The first-order valence-corrected chi connectivity index (χ1v) is 3.95. The first-order chi connectivity index (χ1) is 5.20. The maximum atomic E-state index is 10.2. The van der Waals surface area contributed by atoms with Gasteiger partial charge in [-0.05, 0) is 12.5 Å². The zero-order chi connectivity index (χ0) is 8.27. The van der Waals surface area contributed by atoms with Crippen LogP contribution < -0.4 is 0 Å². The Bertz CT molecular complexity index is 240. The largest absolute Gasteiger partial charge is 0.665 e. The van der Waals surface area contributed by atoms with Gasteiger partial charge in [0.1, 0.15) is 0 Å². The Morgan fingerprint density at radius 3 is 2.92 bits per heavy atom. The molecule has 1 unspecified atom stereocenters. The summed E-state index contributed by atoms with van der Waals surface area (Å²) in [4.78, 5) is 14.1. The predicted octanol–water partition coefficient (Wildman–Crippen LogP) is 1.19. The number of aliphatic carboxylic acids is 1. The van der Waals surface area contributed by atoms with Crippen molar-refractivity contribution in [3.05, 3.63) is 22.3 Å². The predicted molar refractivity (Wildman–Crippen MR) is 41.6 cm³/mol. The summed E-state index contributed by atoms with van der Waals surface area (Å²) in [7, 11) is 0. The number of nitrogens with one attached hydrogen (secondary N) is 1. The quantitative estimate of drug-likeness (QED) is 0.832. The van der Waals surface area contributed by atoms with Crippen molar-refractivity contribution in [3.63, 3.8) is 0 Å². The Labute approximate surface area is 110 Å². The molecule has 6 heteroatoms. The van der Waals surface area contributed by atoms with E-state index in [0.717, 1.165) is 0 Å². The van der Waals surface area contributed by atoms with E-state index >= 15 is 0 Å². The Kier molecular flexibility index (Phi) is 6.28. The Balaban J connectivity index is 0.00000121. The van der Waals surface area contributed by atoms with Crippen LogP contribution in [-0.2, 0) is 11.2 Å². The molecule has 63 valence electrons. The molecular formula is C6H7AcN2O2S-. The standard InChI is InChI=1S/C6H7N2O2S.Ac/c7-5(6(9)10)1-4-2-11-3-8-4;/h2-3,5,7H,1H2,(H,9,10);/q-1;. The van der Waals surface area contributed by atoms with Crippen LogP contribution in [0.1, 0.15) is 5.69 Å². The molecule has 0 spiro atoms. The van der Waals surface area contributed by atoms with E-state index in [1.165, 1.54) is 11.3 Å². The van der Waals surface area contributed by atoms with Gasteiger partial charge >= 0.3 is 0 Å². The van der Waals surface area contributed by atoms with E-state index in [-0.39, 0.29) is 50.5 Å². The molecule has 0 bridgehead atoms. The number of carboxylic acid groups (broad SMARTS) is 1. The van der Waals surface area contributed by atoms with Crippen LogP contribution in [0.3, 0.4) is 0 Å². The van der Waals surface area contributed by atoms with Crippen LogP contribution in [0.5, 0.6) is 0 Å². The fourth-order valence-electron chi connectivity index (χ4n) is 0.635. The second-order valence-electron chi connectivity index (χ2n) is 2.07. The number of hydrogen-bond acceptors (Lipinski definition) is 3. The third kappa shape index (κ3) is 3.95. The molecule has 0 amide bonds. The molecule has 1 atom stereocenters. The van der Waals surface area contributed by atoms with E-state index in [9.17, 15) is 4.79 Å². The molecule has 4 nitrogen and oxygen atoms in total. The van der Waals surface area contributed by atoms with E-state index < -0.39 is 12.0 Å². The number of rotatable bonds is 3. The van der Waals surface area contributed by atoms with E-state index in [1.807, 2.05) is 0 Å². The molecule has 0 aliphatic heterocycles. The molecule has 1 heterocycles. The molecule has 1 aromatic rings. The van der Waals surface area contributed by atoms with Gasteiger partial charge in [0.15, 0.2) is 0 Å². The van der Waals surface area contributed by atoms with Crippen molar-refractivity contribution in [3.8, 4) is 0 Å². The fraction of sp³-hybridized carbons (Fsp3) is 0.333. The van der Waals surface area contributed by atoms with Gasteiger partial charge in [0, 0.05) is 49.4 Å². The van der Waals surface area contributed by atoms with E-state index in [4.69, 9.17) is 10.8 Å². The van der Waals surface area contributed by atoms with E-state index in [1.54, 1.807) is 10.9 Å². The molecule has 0 aromatic carbocycles. The second kappa shape index (κ2) is 6.03. The Morgan fingerprint density at radius 2 is 2.50 bits per heavy atom. The van der Waals surface area contributed by atoms with Gasteiger partial charge in [0.2, 0.25) is 0 Å². The molecule has 0 aliphatic rings. The van der Waals surface area contributed by atoms with Crippen LogP contribution in [0.4, 0.5) is 0 Å². The average molecular weight is 398 g/mol. The summed E-state index contributed by atoms with van der Waals surface area (Å²) < 4.78 is 0. The Morgan fingerprint density at radius 1 is 1.83 bits per heavy atom. The van der Waals surface area contributed by atoms with Crippen molar-refractivity contribution in [1.82, 2.24) is 4.98 Å². The zero-order valence-electron chi connectivity index (χ0n) is 6.23. The van der Waals surface area contributed by atoms with Crippen LogP contribution in [0.25, 0.3) is 5.73 Å². The average Bonchev–Trinajstić information content (AvgIpc) is 2.39. The summed E-state index contributed by atoms with van der Waals surface area (Å²) in [5, 5.41) is 10.1. The van der Waals surface area contributed by atoms with Crippen LogP contribution in [0.2, 0.25) is 0 Å². The number of aromatic nitrogens is 1. The number of nitrogens with zero attached hydrogens (tertiary/aromatic N) is 1. The van der Waals surface area contributed by atoms with Crippen LogP contribution in [-0.4, -0.2) is 22.1 Å². The minimum Gasteiger partial charge on any atom is -0.665 e. The molecule has 1 radical (unpaired) electrons. The van der Waals surface area contributed by atoms with Crippen molar-refractivity contribution in [2.24, 2.45) is 0 Å². The van der Waals surface area contributed by atoms with Crippen molar-refractivity contribution in [2.45, 2.75) is 12.5 Å². The zero-order valence-corrected chi connectivity index (χ0v) is 11.8. The summed E-state index contributed by atoms with van der Waals surface area (Å²) in [6, 6.07) is -1.09. The van der Waals surface area contributed by atoms with Crippen molar-refractivity contribution in [2.75, 3.05) is 0 Å². The van der Waals surface area contributed by atoms with Gasteiger partial charge in [-0.15, -0.1) is 11.3 Å². The molecule has 0 aliphatic carbocycles. The Hall–Kier alpha value is 0.502. The fourth-order valence-corrected chi connectivity index (χ4v) is 1.21. The number of carboxylic acids is 1. The number of hydrogen-bond donors (Lipinski definition) is 1. The van der Waals surface area contributed by atoms with Crippen LogP contribution in [0.15, 0.2) is 10.9 Å². The van der Waals surface area contributed by atoms with Gasteiger partial charge in [-0.25, -0.2) is 4.98 Å². The molecule has 2 N–H and O–H groups in total. The molecule has 12 heavy (non-hydrogen) atoms.